The highest BCUT2D eigenvalue weighted by atomic mass is 16.5. The van der Waals surface area contributed by atoms with Crippen molar-refractivity contribution in [3.63, 3.8) is 0 Å². The summed E-state index contributed by atoms with van der Waals surface area (Å²) >= 11 is 0. The van der Waals surface area contributed by atoms with E-state index in [4.69, 9.17) is 20.4 Å². The maximum Gasteiger partial charge on any atom is 0.290 e. The molecular weight excluding hydrogens is 570 g/mol. The van der Waals surface area contributed by atoms with E-state index in [1.54, 1.807) is 7.11 Å². The van der Waals surface area contributed by atoms with Crippen molar-refractivity contribution in [2.75, 3.05) is 50.6 Å². The first-order valence-electron chi connectivity index (χ1n) is 14.4. The number of aromatic nitrogens is 1. The summed E-state index contributed by atoms with van der Waals surface area (Å²) in [5.74, 6) is 0.0976. The van der Waals surface area contributed by atoms with E-state index in [1.807, 2.05) is 85.1 Å². The second-order valence-corrected chi connectivity index (χ2v) is 10.7. The van der Waals surface area contributed by atoms with Crippen molar-refractivity contribution in [1.82, 2.24) is 9.88 Å². The Kier molecular flexibility index (Phi) is 9.45. The summed E-state index contributed by atoms with van der Waals surface area (Å²) in [6.07, 6.45) is 1.87. The molecular formula is C35H35N5O5. The first kappa shape index (κ1) is 30.8. The molecule has 0 unspecified atom stereocenters. The van der Waals surface area contributed by atoms with Gasteiger partial charge in [-0.25, -0.2) is 0 Å². The Bertz CT molecular complexity index is 1810. The lowest BCUT2D eigenvalue weighted by molar-refractivity contribution is -0.122. The summed E-state index contributed by atoms with van der Waals surface area (Å²) in [5, 5.41) is 10.8. The van der Waals surface area contributed by atoms with E-state index in [-0.39, 0.29) is 12.4 Å². The number of carbonyl (C=O) groups excluding carboxylic acids is 2. The number of likely N-dealkylation sites (N-methyl/N-ethyl adjacent to an activating group) is 1. The standard InChI is InChI=1S/C34H33N5O3.CH2O2/c1-38-14-16-39(17-15-38)30-20-26(12-13-31(30)42-2)37-34(41)24-10-8-23(9-11-24)29-21-36-32-27(29)18-25(19-28(32)33(35)40)22-6-4-3-5-7-22;2-1-3/h3-13,18-21,36H,14-17H2,1-2H3,(H2,35,40)(H,37,41);1H,(H,2,3). The fourth-order valence-electron chi connectivity index (χ4n) is 5.53. The van der Waals surface area contributed by atoms with E-state index in [0.29, 0.717) is 22.3 Å². The van der Waals surface area contributed by atoms with E-state index >= 15 is 0 Å². The summed E-state index contributed by atoms with van der Waals surface area (Å²) in [7, 11) is 3.79. The number of primary amides is 1. The number of ether oxygens (including phenoxy) is 1. The number of carbonyl (C=O) groups is 3. The Morgan fingerprint density at radius 2 is 1.60 bits per heavy atom. The zero-order chi connectivity index (χ0) is 31.9. The van der Waals surface area contributed by atoms with Gasteiger partial charge in [-0.2, -0.15) is 0 Å². The predicted octanol–water partition coefficient (Wildman–Crippen LogP) is 5.31. The first-order chi connectivity index (χ1) is 21.8. The normalized spacial score (nSPS) is 13.1. The number of carboxylic acid groups (broad SMARTS) is 1. The molecule has 2 heterocycles. The third kappa shape index (κ3) is 6.81. The van der Waals surface area contributed by atoms with Crippen LogP contribution in [0.3, 0.4) is 0 Å². The molecule has 0 aliphatic carbocycles. The zero-order valence-corrected chi connectivity index (χ0v) is 25.1. The van der Waals surface area contributed by atoms with Crippen LogP contribution in [0.5, 0.6) is 5.75 Å². The van der Waals surface area contributed by atoms with Crippen LogP contribution in [-0.2, 0) is 4.79 Å². The lowest BCUT2D eigenvalue weighted by atomic mass is 9.96. The Morgan fingerprint density at radius 3 is 2.24 bits per heavy atom. The maximum atomic E-state index is 13.2. The van der Waals surface area contributed by atoms with Crippen LogP contribution in [0.1, 0.15) is 20.7 Å². The third-order valence-electron chi connectivity index (χ3n) is 7.90. The number of amides is 2. The molecule has 6 rings (SSSR count). The summed E-state index contributed by atoms with van der Waals surface area (Å²) in [5.41, 5.74) is 12.8. The van der Waals surface area contributed by atoms with Crippen LogP contribution in [0, 0.1) is 0 Å². The van der Waals surface area contributed by atoms with Crippen LogP contribution in [-0.4, -0.2) is 73.6 Å². The monoisotopic (exact) mass is 605 g/mol. The molecule has 0 atom stereocenters. The molecule has 2 amide bonds. The van der Waals surface area contributed by atoms with Gasteiger partial charge >= 0.3 is 0 Å². The van der Waals surface area contributed by atoms with E-state index in [9.17, 15) is 9.59 Å². The van der Waals surface area contributed by atoms with Gasteiger partial charge in [-0.05, 0) is 66.2 Å². The largest absolute Gasteiger partial charge is 0.495 e. The van der Waals surface area contributed by atoms with E-state index < -0.39 is 5.91 Å². The third-order valence-corrected chi connectivity index (χ3v) is 7.90. The lowest BCUT2D eigenvalue weighted by Crippen LogP contribution is -2.44. The number of nitrogens with two attached hydrogens (primary N) is 1. The molecule has 5 aromatic rings. The molecule has 4 aromatic carbocycles. The van der Waals surface area contributed by atoms with Crippen molar-refractivity contribution in [2.24, 2.45) is 5.73 Å². The molecule has 230 valence electrons. The quantitative estimate of drug-likeness (QED) is 0.184. The van der Waals surface area contributed by atoms with Gasteiger partial charge < -0.3 is 35.7 Å². The molecule has 0 saturated carbocycles. The lowest BCUT2D eigenvalue weighted by Gasteiger charge is -2.34. The molecule has 10 heteroatoms. The number of H-pyrrole nitrogens is 1. The van der Waals surface area contributed by atoms with Crippen molar-refractivity contribution in [3.05, 3.63) is 102 Å². The van der Waals surface area contributed by atoms with Gasteiger partial charge in [-0.15, -0.1) is 0 Å². The topological polar surface area (TPSA) is 141 Å². The van der Waals surface area contributed by atoms with E-state index in [2.05, 4.69) is 33.2 Å². The highest BCUT2D eigenvalue weighted by Gasteiger charge is 2.19. The smallest absolute Gasteiger partial charge is 0.290 e. The second kappa shape index (κ2) is 13.8. The molecule has 0 radical (unpaired) electrons. The Balaban J connectivity index is 0.00000128. The molecule has 1 aliphatic heterocycles. The molecule has 1 aromatic heterocycles. The molecule has 10 nitrogen and oxygen atoms in total. The van der Waals surface area contributed by atoms with Gasteiger partial charge in [0.25, 0.3) is 18.3 Å². The van der Waals surface area contributed by atoms with Crippen LogP contribution in [0.15, 0.2) is 91.1 Å². The maximum absolute atomic E-state index is 13.2. The Morgan fingerprint density at radius 1 is 0.911 bits per heavy atom. The minimum Gasteiger partial charge on any atom is -0.495 e. The summed E-state index contributed by atoms with van der Waals surface area (Å²) < 4.78 is 5.61. The number of aromatic amines is 1. The van der Waals surface area contributed by atoms with Crippen molar-refractivity contribution in [2.45, 2.75) is 0 Å². The van der Waals surface area contributed by atoms with Crippen molar-refractivity contribution in [1.29, 1.82) is 0 Å². The summed E-state index contributed by atoms with van der Waals surface area (Å²) in [6.45, 7) is 3.49. The van der Waals surface area contributed by atoms with Gasteiger partial charge in [0, 0.05) is 54.6 Å². The molecule has 1 saturated heterocycles. The Labute approximate surface area is 261 Å². The highest BCUT2D eigenvalue weighted by molar-refractivity contribution is 6.11. The minimum absolute atomic E-state index is 0.197. The minimum atomic E-state index is -0.493. The number of benzene rings is 4. The number of nitrogens with one attached hydrogen (secondary N) is 2. The number of hydrogen-bond acceptors (Lipinski definition) is 6. The molecule has 0 bridgehead atoms. The average Bonchev–Trinajstić information content (AvgIpc) is 3.49. The van der Waals surface area contributed by atoms with Crippen molar-refractivity contribution >= 4 is 40.6 Å². The fourth-order valence-corrected chi connectivity index (χ4v) is 5.53. The van der Waals surface area contributed by atoms with Crippen molar-refractivity contribution < 1.29 is 24.2 Å². The van der Waals surface area contributed by atoms with Crippen LogP contribution < -0.4 is 20.7 Å². The van der Waals surface area contributed by atoms with Gasteiger partial charge in [0.1, 0.15) is 5.75 Å². The Hall–Kier alpha value is -5.61. The van der Waals surface area contributed by atoms with E-state index in [0.717, 1.165) is 65.3 Å². The van der Waals surface area contributed by atoms with Gasteiger partial charge in [0.05, 0.1) is 23.9 Å². The SMILES string of the molecule is COc1ccc(NC(=O)c2ccc(-c3c[nH]c4c(C(N)=O)cc(-c5ccccc5)cc34)cc2)cc1N1CCN(C)CC1.O=CO. The number of rotatable bonds is 7. The van der Waals surface area contributed by atoms with Gasteiger partial charge in [-0.3, -0.25) is 14.4 Å². The molecule has 0 spiro atoms. The van der Waals surface area contributed by atoms with Crippen LogP contribution in [0.4, 0.5) is 11.4 Å². The molecule has 1 fully saturated rings. The summed E-state index contributed by atoms with van der Waals surface area (Å²) in [6, 6.07) is 27.0. The number of methoxy groups -OCH3 is 1. The van der Waals surface area contributed by atoms with Gasteiger partial charge in [-0.1, -0.05) is 42.5 Å². The number of hydrogen-bond donors (Lipinski definition) is 4. The second-order valence-electron chi connectivity index (χ2n) is 10.7. The number of anilines is 2. The molecule has 1 aliphatic rings. The number of piperazine rings is 1. The number of fused-ring (bicyclic) bond motifs is 1. The van der Waals surface area contributed by atoms with Gasteiger partial charge in [0.15, 0.2) is 0 Å². The van der Waals surface area contributed by atoms with Crippen LogP contribution in [0.2, 0.25) is 0 Å². The number of nitrogens with zero attached hydrogens (tertiary/aromatic N) is 2. The summed E-state index contributed by atoms with van der Waals surface area (Å²) in [4.78, 5) is 41.7. The predicted molar refractivity (Wildman–Crippen MR) is 177 cm³/mol. The van der Waals surface area contributed by atoms with E-state index in [1.165, 1.54) is 0 Å². The zero-order valence-electron chi connectivity index (χ0n) is 25.1. The molecule has 5 N–H and O–H groups in total. The fraction of sp³-hybridized carbons (Fsp3) is 0.171. The highest BCUT2D eigenvalue weighted by Crippen LogP contribution is 2.35. The first-order valence-corrected chi connectivity index (χ1v) is 14.4. The van der Waals surface area contributed by atoms with Crippen molar-refractivity contribution in [3.8, 4) is 28.0 Å². The van der Waals surface area contributed by atoms with Crippen LogP contribution >= 0.6 is 0 Å². The van der Waals surface area contributed by atoms with Gasteiger partial charge in [0.2, 0.25) is 0 Å². The van der Waals surface area contributed by atoms with Crippen LogP contribution in [0.25, 0.3) is 33.2 Å². The average molecular weight is 606 g/mol. The molecule has 45 heavy (non-hydrogen) atoms.